The van der Waals surface area contributed by atoms with E-state index in [-0.39, 0.29) is 12.6 Å². The second kappa shape index (κ2) is 7.04. The number of nitrogens with one attached hydrogen (secondary N) is 2. The van der Waals surface area contributed by atoms with E-state index in [1.54, 1.807) is 24.5 Å². The van der Waals surface area contributed by atoms with Gasteiger partial charge >= 0.3 is 6.03 Å². The van der Waals surface area contributed by atoms with E-state index in [9.17, 15) is 4.79 Å². The fourth-order valence-corrected chi connectivity index (χ4v) is 2.04. The lowest BCUT2D eigenvalue weighted by Gasteiger charge is -2.29. The van der Waals surface area contributed by atoms with Crippen LogP contribution in [0.2, 0.25) is 0 Å². The molecule has 1 aromatic carbocycles. The first-order chi connectivity index (χ1) is 10.6. The third kappa shape index (κ3) is 4.05. The van der Waals surface area contributed by atoms with Gasteiger partial charge in [-0.15, -0.1) is 0 Å². The fraction of sp³-hybridized carbons (Fsp3) is 0.400. The van der Waals surface area contributed by atoms with Gasteiger partial charge in [-0.05, 0) is 44.0 Å². The Morgan fingerprint density at radius 3 is 2.45 bits per heavy atom. The van der Waals surface area contributed by atoms with Gasteiger partial charge in [-0.2, -0.15) is 15.0 Å². The number of urea groups is 1. The number of carbonyl (C=O) groups excluding carboxylic acids is 1. The van der Waals surface area contributed by atoms with Gasteiger partial charge in [0.2, 0.25) is 0 Å². The molecule has 0 aliphatic carbocycles. The van der Waals surface area contributed by atoms with Gasteiger partial charge in [0.05, 0.1) is 18.1 Å². The van der Waals surface area contributed by atoms with Crippen LogP contribution >= 0.6 is 0 Å². The molecule has 2 amide bonds. The van der Waals surface area contributed by atoms with E-state index in [1.807, 2.05) is 26.0 Å². The number of amides is 2. The molecule has 0 radical (unpaired) electrons. The van der Waals surface area contributed by atoms with Gasteiger partial charge in [0.1, 0.15) is 0 Å². The highest BCUT2D eigenvalue weighted by Gasteiger charge is 2.23. The molecule has 1 heterocycles. The van der Waals surface area contributed by atoms with Crippen LogP contribution in [-0.2, 0) is 0 Å². The summed E-state index contributed by atoms with van der Waals surface area (Å²) in [6, 6.07) is 6.93. The topological polar surface area (TPSA) is 92.1 Å². The number of benzene rings is 1. The van der Waals surface area contributed by atoms with E-state index >= 15 is 0 Å². The summed E-state index contributed by atoms with van der Waals surface area (Å²) in [5.41, 5.74) is 1.07. The Hall–Kier alpha value is -2.41. The van der Waals surface area contributed by atoms with Gasteiger partial charge in [0.15, 0.2) is 0 Å². The highest BCUT2D eigenvalue weighted by Crippen LogP contribution is 2.15. The van der Waals surface area contributed by atoms with Crippen LogP contribution in [0.3, 0.4) is 0 Å². The molecule has 1 aromatic heterocycles. The zero-order valence-corrected chi connectivity index (χ0v) is 12.8. The maximum atomic E-state index is 12.0. The van der Waals surface area contributed by atoms with Crippen molar-refractivity contribution in [1.82, 2.24) is 20.3 Å². The van der Waals surface area contributed by atoms with Gasteiger partial charge in [-0.25, -0.2) is 4.79 Å². The predicted molar refractivity (Wildman–Crippen MR) is 83.9 cm³/mol. The highest BCUT2D eigenvalue weighted by molar-refractivity contribution is 5.89. The normalized spacial score (nSPS) is 13.4. The first-order valence-corrected chi connectivity index (χ1v) is 7.23. The summed E-state index contributed by atoms with van der Waals surface area (Å²) >= 11 is 0. The summed E-state index contributed by atoms with van der Waals surface area (Å²) in [6.07, 6.45) is 4.46. The van der Waals surface area contributed by atoms with Gasteiger partial charge < -0.3 is 15.7 Å². The van der Waals surface area contributed by atoms with Crippen LogP contribution in [0.25, 0.3) is 5.69 Å². The van der Waals surface area contributed by atoms with Gasteiger partial charge in [-0.1, -0.05) is 6.92 Å². The molecular formula is C15H21N5O2. The van der Waals surface area contributed by atoms with Gasteiger partial charge in [0, 0.05) is 17.8 Å². The number of anilines is 1. The summed E-state index contributed by atoms with van der Waals surface area (Å²) in [7, 11) is 0. The summed E-state index contributed by atoms with van der Waals surface area (Å²) in [5, 5.41) is 22.8. The zero-order chi connectivity index (χ0) is 16.0. The third-order valence-corrected chi connectivity index (χ3v) is 3.63. The molecule has 7 heteroatoms. The number of nitrogens with zero attached hydrogens (tertiary/aromatic N) is 3. The Morgan fingerprint density at radius 2 is 1.91 bits per heavy atom. The van der Waals surface area contributed by atoms with Crippen LogP contribution in [0, 0.1) is 0 Å². The molecule has 0 fully saturated rings. The monoisotopic (exact) mass is 303 g/mol. The Bertz CT molecular complexity index is 597. The lowest BCUT2D eigenvalue weighted by molar-refractivity contribution is 0.208. The molecule has 0 saturated carbocycles. The molecule has 1 atom stereocenters. The standard InChI is InChI=1S/C15H21N5O2/c1-3-15(2,8-11-21)19-14(22)18-12-4-6-13(7-5-12)20-16-9-10-17-20/h4-7,9-10,21H,3,8,11H2,1-2H3,(H2,18,19,22). The smallest absolute Gasteiger partial charge is 0.319 e. The lowest BCUT2D eigenvalue weighted by Crippen LogP contribution is -2.48. The number of hydrogen-bond acceptors (Lipinski definition) is 4. The van der Waals surface area contributed by atoms with Gasteiger partial charge in [-0.3, -0.25) is 0 Å². The van der Waals surface area contributed by atoms with Crippen LogP contribution in [0.5, 0.6) is 0 Å². The summed E-state index contributed by atoms with van der Waals surface area (Å²) in [6.45, 7) is 3.92. The van der Waals surface area contributed by atoms with Crippen molar-refractivity contribution in [2.75, 3.05) is 11.9 Å². The van der Waals surface area contributed by atoms with Crippen LogP contribution in [0.1, 0.15) is 26.7 Å². The average molecular weight is 303 g/mol. The molecule has 118 valence electrons. The van der Waals surface area contributed by atoms with E-state index in [0.29, 0.717) is 12.1 Å². The maximum Gasteiger partial charge on any atom is 0.319 e. The number of hydrogen-bond donors (Lipinski definition) is 3. The Balaban J connectivity index is 1.97. The number of aliphatic hydroxyl groups is 1. The van der Waals surface area contributed by atoms with Crippen molar-refractivity contribution >= 4 is 11.7 Å². The van der Waals surface area contributed by atoms with Crippen molar-refractivity contribution in [2.24, 2.45) is 0 Å². The predicted octanol–water partition coefficient (Wildman–Crippen LogP) is 1.94. The first-order valence-electron chi connectivity index (χ1n) is 7.23. The zero-order valence-electron chi connectivity index (χ0n) is 12.8. The molecule has 1 unspecified atom stereocenters. The molecule has 0 saturated heterocycles. The summed E-state index contributed by atoms with van der Waals surface area (Å²) in [5.74, 6) is 0. The molecule has 2 aromatic rings. The van der Waals surface area contributed by atoms with Crippen molar-refractivity contribution < 1.29 is 9.90 Å². The molecule has 0 aliphatic rings. The Morgan fingerprint density at radius 1 is 1.27 bits per heavy atom. The minimum Gasteiger partial charge on any atom is -0.396 e. The van der Waals surface area contributed by atoms with Crippen molar-refractivity contribution in [2.45, 2.75) is 32.2 Å². The number of carbonyl (C=O) groups is 1. The molecule has 0 aliphatic heterocycles. The van der Waals surface area contributed by atoms with E-state index in [0.717, 1.165) is 12.1 Å². The van der Waals surface area contributed by atoms with E-state index in [2.05, 4.69) is 20.8 Å². The number of rotatable bonds is 6. The summed E-state index contributed by atoms with van der Waals surface area (Å²) in [4.78, 5) is 13.5. The second-order valence-corrected chi connectivity index (χ2v) is 5.33. The Labute approximate surface area is 129 Å². The van der Waals surface area contributed by atoms with E-state index in [4.69, 9.17) is 5.11 Å². The maximum absolute atomic E-state index is 12.0. The third-order valence-electron chi connectivity index (χ3n) is 3.63. The Kier molecular flexibility index (Phi) is 5.11. The fourth-order valence-electron chi connectivity index (χ4n) is 2.04. The average Bonchev–Trinajstić information content (AvgIpc) is 3.02. The van der Waals surface area contributed by atoms with E-state index < -0.39 is 5.54 Å². The molecule has 2 rings (SSSR count). The molecule has 0 spiro atoms. The van der Waals surface area contributed by atoms with Crippen LogP contribution in [0.15, 0.2) is 36.7 Å². The molecule has 0 bridgehead atoms. The summed E-state index contributed by atoms with van der Waals surface area (Å²) < 4.78 is 0. The molecule has 22 heavy (non-hydrogen) atoms. The van der Waals surface area contributed by atoms with Crippen molar-refractivity contribution in [3.63, 3.8) is 0 Å². The number of aliphatic hydroxyl groups excluding tert-OH is 1. The van der Waals surface area contributed by atoms with Crippen molar-refractivity contribution in [3.05, 3.63) is 36.7 Å². The van der Waals surface area contributed by atoms with Crippen LogP contribution in [-0.4, -0.2) is 38.3 Å². The SMILES string of the molecule is CCC(C)(CCO)NC(=O)Nc1ccc(-n2nccn2)cc1. The lowest BCUT2D eigenvalue weighted by atomic mass is 9.95. The number of aromatic nitrogens is 3. The van der Waals surface area contributed by atoms with Crippen LogP contribution in [0.4, 0.5) is 10.5 Å². The van der Waals surface area contributed by atoms with Gasteiger partial charge in [0.25, 0.3) is 0 Å². The molecule has 3 N–H and O–H groups in total. The largest absolute Gasteiger partial charge is 0.396 e. The van der Waals surface area contributed by atoms with Crippen LogP contribution < -0.4 is 10.6 Å². The quantitative estimate of drug-likeness (QED) is 0.760. The minimum atomic E-state index is -0.419. The molecule has 7 nitrogen and oxygen atoms in total. The highest BCUT2D eigenvalue weighted by atomic mass is 16.3. The first kappa shape index (κ1) is 16.0. The van der Waals surface area contributed by atoms with Crippen molar-refractivity contribution in [3.8, 4) is 5.69 Å². The molecular weight excluding hydrogens is 282 g/mol. The second-order valence-electron chi connectivity index (χ2n) is 5.33. The van der Waals surface area contributed by atoms with E-state index in [1.165, 1.54) is 4.80 Å². The van der Waals surface area contributed by atoms with Crippen molar-refractivity contribution in [1.29, 1.82) is 0 Å². The minimum absolute atomic E-state index is 0.0379.